The van der Waals surface area contributed by atoms with Gasteiger partial charge in [0, 0.05) is 18.1 Å². The zero-order valence-electron chi connectivity index (χ0n) is 13.7. The molecule has 0 fully saturated rings. The fourth-order valence-electron chi connectivity index (χ4n) is 2.66. The predicted octanol–water partition coefficient (Wildman–Crippen LogP) is 4.92. The van der Waals surface area contributed by atoms with E-state index in [1.807, 2.05) is 37.3 Å². The molecule has 2 N–H and O–H groups in total. The number of nitrogen functional groups attached to an aromatic ring is 1. The molecule has 0 unspecified atom stereocenters. The number of alkyl halides is 3. The Morgan fingerprint density at radius 2 is 1.76 bits per heavy atom. The second-order valence-corrected chi connectivity index (χ2v) is 6.02. The third kappa shape index (κ3) is 4.21. The molecule has 0 aliphatic rings. The lowest BCUT2D eigenvalue weighted by Gasteiger charge is -2.10. The quantitative estimate of drug-likeness (QED) is 0.729. The first-order valence-electron chi connectivity index (χ1n) is 7.90. The summed E-state index contributed by atoms with van der Waals surface area (Å²) in [5.41, 5.74) is 9.98. The highest BCUT2D eigenvalue weighted by Gasteiger charge is 2.26. The molecule has 0 amide bonds. The number of aromatic nitrogens is 2. The van der Waals surface area contributed by atoms with Gasteiger partial charge in [0.1, 0.15) is 5.82 Å². The molecule has 6 heteroatoms. The van der Waals surface area contributed by atoms with Crippen molar-refractivity contribution >= 4 is 5.82 Å². The maximum Gasteiger partial charge on any atom is 0.389 e. The largest absolute Gasteiger partial charge is 0.389 e. The highest BCUT2D eigenvalue weighted by molar-refractivity contribution is 5.66. The minimum absolute atomic E-state index is 0.0501. The van der Waals surface area contributed by atoms with E-state index in [4.69, 9.17) is 5.73 Å². The van der Waals surface area contributed by atoms with Crippen molar-refractivity contribution in [2.24, 2.45) is 0 Å². The van der Waals surface area contributed by atoms with E-state index in [9.17, 15) is 13.2 Å². The lowest BCUT2D eigenvalue weighted by molar-refractivity contribution is -0.133. The van der Waals surface area contributed by atoms with Crippen LogP contribution in [0.3, 0.4) is 0 Å². The van der Waals surface area contributed by atoms with E-state index in [0.717, 1.165) is 22.5 Å². The van der Waals surface area contributed by atoms with Crippen molar-refractivity contribution in [1.29, 1.82) is 0 Å². The lowest BCUT2D eigenvalue weighted by Crippen LogP contribution is -2.08. The first-order chi connectivity index (χ1) is 11.8. The van der Waals surface area contributed by atoms with Crippen LogP contribution in [0.15, 0.2) is 54.6 Å². The Bertz CT molecular complexity index is 864. The van der Waals surface area contributed by atoms with Crippen molar-refractivity contribution < 1.29 is 13.2 Å². The van der Waals surface area contributed by atoms with Crippen LogP contribution in [0.2, 0.25) is 0 Å². The second-order valence-electron chi connectivity index (χ2n) is 6.02. The minimum atomic E-state index is -4.16. The molecule has 3 rings (SSSR count). The van der Waals surface area contributed by atoms with E-state index in [-0.39, 0.29) is 6.42 Å². The number of aryl methyl sites for hydroxylation is 2. The Hall–Kier alpha value is -2.76. The molecule has 0 bridgehead atoms. The molecule has 0 radical (unpaired) electrons. The molecule has 0 aliphatic heterocycles. The van der Waals surface area contributed by atoms with Crippen molar-refractivity contribution in [2.45, 2.75) is 25.9 Å². The Labute approximate surface area is 143 Å². The Balaban J connectivity index is 1.96. The molecular weight excluding hydrogens is 327 g/mol. The van der Waals surface area contributed by atoms with Gasteiger partial charge in [0.2, 0.25) is 0 Å². The first kappa shape index (κ1) is 17.1. The molecule has 0 atom stereocenters. The molecule has 0 saturated heterocycles. The number of hydrogen-bond donors (Lipinski definition) is 1. The van der Waals surface area contributed by atoms with Gasteiger partial charge >= 0.3 is 6.18 Å². The SMILES string of the molecule is Cc1ccc(-n2nc(N)cc2-c2cccc(CCC(F)(F)F)c2)cc1. The Kier molecular flexibility index (Phi) is 4.53. The van der Waals surface area contributed by atoms with Gasteiger partial charge in [-0.2, -0.15) is 18.3 Å². The van der Waals surface area contributed by atoms with Crippen LogP contribution < -0.4 is 5.73 Å². The highest BCUT2D eigenvalue weighted by Crippen LogP contribution is 2.28. The first-order valence-corrected chi connectivity index (χ1v) is 7.90. The van der Waals surface area contributed by atoms with Crippen LogP contribution in [0.1, 0.15) is 17.5 Å². The number of rotatable bonds is 4. The van der Waals surface area contributed by atoms with Crippen molar-refractivity contribution in [1.82, 2.24) is 9.78 Å². The van der Waals surface area contributed by atoms with Crippen LogP contribution in [-0.2, 0) is 6.42 Å². The zero-order chi connectivity index (χ0) is 18.0. The monoisotopic (exact) mass is 345 g/mol. The van der Waals surface area contributed by atoms with E-state index in [2.05, 4.69) is 5.10 Å². The topological polar surface area (TPSA) is 43.8 Å². The summed E-state index contributed by atoms with van der Waals surface area (Å²) in [4.78, 5) is 0. The van der Waals surface area contributed by atoms with Crippen molar-refractivity contribution in [2.75, 3.05) is 5.73 Å². The molecule has 0 spiro atoms. The summed E-state index contributed by atoms with van der Waals surface area (Å²) in [6, 6.07) is 16.6. The van der Waals surface area contributed by atoms with Gasteiger partial charge in [0.05, 0.1) is 11.4 Å². The molecule has 1 heterocycles. The lowest BCUT2D eigenvalue weighted by atomic mass is 10.0. The van der Waals surface area contributed by atoms with Crippen LogP contribution in [0.5, 0.6) is 0 Å². The van der Waals surface area contributed by atoms with E-state index < -0.39 is 12.6 Å². The summed E-state index contributed by atoms with van der Waals surface area (Å²) in [7, 11) is 0. The summed E-state index contributed by atoms with van der Waals surface area (Å²) < 4.78 is 39.1. The molecule has 3 aromatic rings. The summed E-state index contributed by atoms with van der Waals surface area (Å²) in [6.07, 6.45) is -5.05. The molecule has 0 aliphatic carbocycles. The molecule has 0 saturated carbocycles. The molecular formula is C19H18F3N3. The number of nitrogens with zero attached hydrogens (tertiary/aromatic N) is 2. The second kappa shape index (κ2) is 6.63. The number of benzene rings is 2. The molecule has 130 valence electrons. The van der Waals surface area contributed by atoms with Gasteiger partial charge in [0.25, 0.3) is 0 Å². The highest BCUT2D eigenvalue weighted by atomic mass is 19.4. The van der Waals surface area contributed by atoms with Crippen molar-refractivity contribution in [3.63, 3.8) is 0 Å². The van der Waals surface area contributed by atoms with Crippen LogP contribution >= 0.6 is 0 Å². The number of hydrogen-bond acceptors (Lipinski definition) is 2. The van der Waals surface area contributed by atoms with E-state index in [0.29, 0.717) is 11.4 Å². The van der Waals surface area contributed by atoms with Crippen LogP contribution in [0, 0.1) is 6.92 Å². The van der Waals surface area contributed by atoms with Crippen LogP contribution in [-0.4, -0.2) is 16.0 Å². The average molecular weight is 345 g/mol. The van der Waals surface area contributed by atoms with Gasteiger partial charge in [-0.15, -0.1) is 0 Å². The summed E-state index contributed by atoms with van der Waals surface area (Å²) in [5.74, 6) is 0.358. The van der Waals surface area contributed by atoms with Crippen LogP contribution in [0.4, 0.5) is 19.0 Å². The van der Waals surface area contributed by atoms with Gasteiger partial charge in [-0.3, -0.25) is 0 Å². The minimum Gasteiger partial charge on any atom is -0.382 e. The van der Waals surface area contributed by atoms with Crippen molar-refractivity contribution in [3.8, 4) is 16.9 Å². The fourth-order valence-corrected chi connectivity index (χ4v) is 2.66. The standard InChI is InChI=1S/C19H18F3N3/c1-13-5-7-16(8-6-13)25-17(12-18(23)24-25)15-4-2-3-14(11-15)9-10-19(20,21)22/h2-8,11-12H,9-10H2,1H3,(H2,23,24). The van der Waals surface area contributed by atoms with Gasteiger partial charge < -0.3 is 5.73 Å². The number of anilines is 1. The van der Waals surface area contributed by atoms with Gasteiger partial charge in [-0.1, -0.05) is 35.9 Å². The maximum absolute atomic E-state index is 12.5. The van der Waals surface area contributed by atoms with Gasteiger partial charge in [0.15, 0.2) is 0 Å². The zero-order valence-corrected chi connectivity index (χ0v) is 13.7. The third-order valence-corrected chi connectivity index (χ3v) is 3.93. The van der Waals surface area contributed by atoms with Crippen LogP contribution in [0.25, 0.3) is 16.9 Å². The molecule has 1 aromatic heterocycles. The van der Waals surface area contributed by atoms with Gasteiger partial charge in [-0.05, 0) is 37.1 Å². The predicted molar refractivity (Wildman–Crippen MR) is 92.5 cm³/mol. The molecule has 2 aromatic carbocycles. The Morgan fingerprint density at radius 1 is 1.04 bits per heavy atom. The third-order valence-electron chi connectivity index (χ3n) is 3.93. The van der Waals surface area contributed by atoms with E-state index in [1.165, 1.54) is 0 Å². The molecule has 25 heavy (non-hydrogen) atoms. The summed E-state index contributed by atoms with van der Waals surface area (Å²) in [6.45, 7) is 1.99. The van der Waals surface area contributed by atoms with E-state index in [1.54, 1.807) is 28.9 Å². The average Bonchev–Trinajstić information content (AvgIpc) is 2.95. The maximum atomic E-state index is 12.5. The van der Waals surface area contributed by atoms with E-state index >= 15 is 0 Å². The number of nitrogens with two attached hydrogens (primary N) is 1. The van der Waals surface area contributed by atoms with Gasteiger partial charge in [-0.25, -0.2) is 4.68 Å². The summed E-state index contributed by atoms with van der Waals surface area (Å²) in [5, 5.41) is 4.32. The smallest absolute Gasteiger partial charge is 0.382 e. The summed E-state index contributed by atoms with van der Waals surface area (Å²) >= 11 is 0. The fraction of sp³-hybridized carbons (Fsp3) is 0.211. The number of halogens is 3. The Morgan fingerprint density at radius 3 is 2.44 bits per heavy atom. The normalized spacial score (nSPS) is 11.7. The molecule has 3 nitrogen and oxygen atoms in total. The van der Waals surface area contributed by atoms with Crippen molar-refractivity contribution in [3.05, 3.63) is 65.7 Å².